The third kappa shape index (κ3) is 4.76. The largest absolute Gasteiger partial charge is 0.355 e. The van der Waals surface area contributed by atoms with Crippen molar-refractivity contribution in [3.05, 3.63) is 64.2 Å². The quantitative estimate of drug-likeness (QED) is 0.771. The van der Waals surface area contributed by atoms with Gasteiger partial charge in [-0.05, 0) is 43.2 Å². The Hall–Kier alpha value is -3.00. The maximum atomic E-state index is 13.9. The van der Waals surface area contributed by atoms with E-state index in [1.54, 1.807) is 6.07 Å². The van der Waals surface area contributed by atoms with Crippen LogP contribution in [0.5, 0.6) is 0 Å². The Morgan fingerprint density at radius 3 is 2.37 bits per heavy atom. The second-order valence-electron chi connectivity index (χ2n) is 6.95. The minimum atomic E-state index is -0.908. The van der Waals surface area contributed by atoms with E-state index in [1.165, 1.54) is 24.1 Å². The van der Waals surface area contributed by atoms with Crippen molar-refractivity contribution in [2.45, 2.75) is 12.8 Å². The predicted octanol–water partition coefficient (Wildman–Crippen LogP) is 3.47. The molecular weight excluding hydrogens is 416 g/mol. The second kappa shape index (κ2) is 9.21. The molecule has 1 heterocycles. The Bertz CT molecular complexity index is 991. The van der Waals surface area contributed by atoms with E-state index in [2.05, 4.69) is 10.6 Å². The fourth-order valence-corrected chi connectivity index (χ4v) is 3.54. The maximum absolute atomic E-state index is 13.9. The van der Waals surface area contributed by atoms with Gasteiger partial charge in [0.25, 0.3) is 11.8 Å². The van der Waals surface area contributed by atoms with Crippen molar-refractivity contribution >= 4 is 35.0 Å². The van der Waals surface area contributed by atoms with Crippen molar-refractivity contribution < 1.29 is 23.2 Å². The molecule has 2 N–H and O–H groups in total. The zero-order valence-corrected chi connectivity index (χ0v) is 16.9. The molecule has 0 spiro atoms. The molecule has 0 radical (unpaired) electrons. The first-order chi connectivity index (χ1) is 14.3. The van der Waals surface area contributed by atoms with Crippen LogP contribution in [0.1, 0.15) is 33.6 Å². The topological polar surface area (TPSA) is 78.5 Å². The summed E-state index contributed by atoms with van der Waals surface area (Å²) in [6.07, 6.45) is 0.798. The number of carbonyl (C=O) groups is 3. The lowest BCUT2D eigenvalue weighted by Gasteiger charge is -2.31. The summed E-state index contributed by atoms with van der Waals surface area (Å²) in [4.78, 5) is 38.4. The fourth-order valence-electron chi connectivity index (χ4n) is 3.33. The summed E-state index contributed by atoms with van der Waals surface area (Å²) in [7, 11) is 1.48. The Kier molecular flexibility index (Phi) is 6.66. The Morgan fingerprint density at radius 1 is 1.03 bits per heavy atom. The molecule has 0 aliphatic carbocycles. The molecule has 30 heavy (non-hydrogen) atoms. The first-order valence-electron chi connectivity index (χ1n) is 9.37. The van der Waals surface area contributed by atoms with Crippen molar-refractivity contribution in [2.24, 2.45) is 5.92 Å². The van der Waals surface area contributed by atoms with E-state index < -0.39 is 17.5 Å². The molecule has 0 bridgehead atoms. The van der Waals surface area contributed by atoms with Crippen LogP contribution in [0.3, 0.4) is 0 Å². The number of hydrogen-bond acceptors (Lipinski definition) is 3. The number of halogens is 3. The number of nitrogens with zero attached hydrogens (tertiary/aromatic N) is 1. The number of benzene rings is 2. The van der Waals surface area contributed by atoms with Gasteiger partial charge in [0.2, 0.25) is 5.91 Å². The highest BCUT2D eigenvalue weighted by atomic mass is 35.5. The van der Waals surface area contributed by atoms with Gasteiger partial charge in [-0.25, -0.2) is 8.78 Å². The standard InChI is InChI=1S/C21H20ClF2N3O3/c1-25-20(29)16-11-14(3-5-17(16)22)26-19(28)12-6-8-27(9-7-12)21(30)15-4-2-13(23)10-18(15)24/h2-5,10-12H,6-9H2,1H3,(H,25,29)(H,26,28). The summed E-state index contributed by atoms with van der Waals surface area (Å²) >= 11 is 6.01. The summed E-state index contributed by atoms with van der Waals surface area (Å²) in [6, 6.07) is 7.45. The van der Waals surface area contributed by atoms with Crippen molar-refractivity contribution in [2.75, 3.05) is 25.5 Å². The van der Waals surface area contributed by atoms with Gasteiger partial charge in [0, 0.05) is 37.8 Å². The average Bonchev–Trinajstić information content (AvgIpc) is 2.74. The number of piperidine rings is 1. The lowest BCUT2D eigenvalue weighted by molar-refractivity contribution is -0.121. The summed E-state index contributed by atoms with van der Waals surface area (Å²) in [5.41, 5.74) is 0.496. The highest BCUT2D eigenvalue weighted by Gasteiger charge is 2.29. The number of hydrogen-bond donors (Lipinski definition) is 2. The summed E-state index contributed by atoms with van der Waals surface area (Å²) in [5, 5.41) is 5.52. The number of amides is 3. The normalized spacial score (nSPS) is 14.3. The molecule has 1 aliphatic heterocycles. The third-order valence-electron chi connectivity index (χ3n) is 5.02. The maximum Gasteiger partial charge on any atom is 0.256 e. The summed E-state index contributed by atoms with van der Waals surface area (Å²) < 4.78 is 26.9. The van der Waals surface area contributed by atoms with Crippen molar-refractivity contribution in [1.29, 1.82) is 0 Å². The third-order valence-corrected chi connectivity index (χ3v) is 5.35. The van der Waals surface area contributed by atoms with Crippen molar-refractivity contribution in [3.8, 4) is 0 Å². The zero-order valence-electron chi connectivity index (χ0n) is 16.2. The van der Waals surface area contributed by atoms with Gasteiger partial charge in [-0.2, -0.15) is 0 Å². The summed E-state index contributed by atoms with van der Waals surface area (Å²) in [6.45, 7) is 0.551. The van der Waals surface area contributed by atoms with E-state index in [-0.39, 0.29) is 47.0 Å². The Labute approximate surface area is 177 Å². The first kappa shape index (κ1) is 21.7. The number of likely N-dealkylation sites (tertiary alicyclic amines) is 1. The molecule has 1 fully saturated rings. The van der Waals surface area contributed by atoms with Gasteiger partial charge < -0.3 is 15.5 Å². The van der Waals surface area contributed by atoms with Crippen LogP contribution < -0.4 is 10.6 Å². The molecule has 158 valence electrons. The lowest BCUT2D eigenvalue weighted by Crippen LogP contribution is -2.41. The monoisotopic (exact) mass is 435 g/mol. The van der Waals surface area contributed by atoms with Crippen LogP contribution in [0.25, 0.3) is 0 Å². The van der Waals surface area contributed by atoms with Crippen LogP contribution >= 0.6 is 11.6 Å². The number of nitrogens with one attached hydrogen (secondary N) is 2. The summed E-state index contributed by atoms with van der Waals surface area (Å²) in [5.74, 6) is -3.13. The highest BCUT2D eigenvalue weighted by molar-refractivity contribution is 6.34. The molecule has 1 aliphatic rings. The minimum absolute atomic E-state index is 0.192. The Balaban J connectivity index is 1.60. The number of rotatable bonds is 4. The molecule has 2 aromatic rings. The van der Waals surface area contributed by atoms with Crippen LogP contribution in [-0.2, 0) is 4.79 Å². The van der Waals surface area contributed by atoms with E-state index in [4.69, 9.17) is 11.6 Å². The second-order valence-corrected chi connectivity index (χ2v) is 7.36. The van der Waals surface area contributed by atoms with Crippen LogP contribution in [0, 0.1) is 17.6 Å². The van der Waals surface area contributed by atoms with Crippen LogP contribution in [0.2, 0.25) is 5.02 Å². The molecular formula is C21H20ClF2N3O3. The van der Waals surface area contributed by atoms with E-state index in [0.29, 0.717) is 24.6 Å². The van der Waals surface area contributed by atoms with Crippen LogP contribution in [-0.4, -0.2) is 42.8 Å². The number of anilines is 1. The SMILES string of the molecule is CNC(=O)c1cc(NC(=O)C2CCN(C(=O)c3ccc(F)cc3F)CC2)ccc1Cl. The minimum Gasteiger partial charge on any atom is -0.355 e. The number of carbonyl (C=O) groups excluding carboxylic acids is 3. The van der Waals surface area contributed by atoms with E-state index in [0.717, 1.165) is 12.1 Å². The predicted molar refractivity (Wildman–Crippen MR) is 108 cm³/mol. The molecule has 0 saturated carbocycles. The van der Waals surface area contributed by atoms with Gasteiger partial charge in [0.05, 0.1) is 16.1 Å². The van der Waals surface area contributed by atoms with Gasteiger partial charge >= 0.3 is 0 Å². The van der Waals surface area contributed by atoms with Gasteiger partial charge in [-0.15, -0.1) is 0 Å². The molecule has 0 atom stereocenters. The molecule has 0 aromatic heterocycles. The average molecular weight is 436 g/mol. The molecule has 1 saturated heterocycles. The van der Waals surface area contributed by atoms with E-state index in [1.807, 2.05) is 0 Å². The molecule has 9 heteroatoms. The Morgan fingerprint density at radius 2 is 1.73 bits per heavy atom. The lowest BCUT2D eigenvalue weighted by atomic mass is 9.95. The molecule has 3 amide bonds. The van der Waals surface area contributed by atoms with Gasteiger partial charge in [0.15, 0.2) is 0 Å². The van der Waals surface area contributed by atoms with Crippen molar-refractivity contribution in [1.82, 2.24) is 10.2 Å². The fraction of sp³-hybridized carbons (Fsp3) is 0.286. The van der Waals surface area contributed by atoms with Gasteiger partial charge in [-0.1, -0.05) is 11.6 Å². The highest BCUT2D eigenvalue weighted by Crippen LogP contribution is 2.24. The zero-order chi connectivity index (χ0) is 21.8. The first-order valence-corrected chi connectivity index (χ1v) is 9.74. The molecule has 3 rings (SSSR count). The van der Waals surface area contributed by atoms with Crippen molar-refractivity contribution in [3.63, 3.8) is 0 Å². The van der Waals surface area contributed by atoms with Gasteiger partial charge in [-0.3, -0.25) is 14.4 Å². The van der Waals surface area contributed by atoms with Gasteiger partial charge in [0.1, 0.15) is 11.6 Å². The van der Waals surface area contributed by atoms with Crippen LogP contribution in [0.4, 0.5) is 14.5 Å². The molecule has 2 aromatic carbocycles. The van der Waals surface area contributed by atoms with E-state index >= 15 is 0 Å². The molecule has 6 nitrogen and oxygen atoms in total. The van der Waals surface area contributed by atoms with Crippen LogP contribution in [0.15, 0.2) is 36.4 Å². The smallest absolute Gasteiger partial charge is 0.256 e. The molecule has 0 unspecified atom stereocenters. The van der Waals surface area contributed by atoms with E-state index in [9.17, 15) is 23.2 Å².